The smallest absolute Gasteiger partial charge is 0.237 e. The molecule has 0 bridgehead atoms. The van der Waals surface area contributed by atoms with Crippen molar-refractivity contribution in [3.05, 3.63) is 22.4 Å². The van der Waals surface area contributed by atoms with E-state index < -0.39 is 0 Å². The lowest BCUT2D eigenvalue weighted by atomic mass is 9.92. The summed E-state index contributed by atoms with van der Waals surface area (Å²) < 4.78 is 0. The van der Waals surface area contributed by atoms with Crippen molar-refractivity contribution in [3.8, 4) is 0 Å². The lowest BCUT2D eigenvalue weighted by Crippen LogP contribution is -2.43. The Morgan fingerprint density at radius 3 is 2.53 bits per heavy atom. The largest absolute Gasteiger partial charge is 0.347 e. The van der Waals surface area contributed by atoms with Gasteiger partial charge in [0.05, 0.1) is 12.1 Å². The van der Waals surface area contributed by atoms with Crippen LogP contribution in [-0.4, -0.2) is 11.9 Å². The van der Waals surface area contributed by atoms with Crippen LogP contribution in [-0.2, 0) is 4.79 Å². The van der Waals surface area contributed by atoms with Crippen LogP contribution >= 0.6 is 11.3 Å². The van der Waals surface area contributed by atoms with Crippen LogP contribution in [0.5, 0.6) is 0 Å². The molecule has 1 amide bonds. The molecule has 0 radical (unpaired) electrons. The summed E-state index contributed by atoms with van der Waals surface area (Å²) in [6, 6.07) is 3.85. The quantitative estimate of drug-likeness (QED) is 0.767. The van der Waals surface area contributed by atoms with Crippen LogP contribution in [0.15, 0.2) is 17.5 Å². The fraction of sp³-hybridized carbons (Fsp3) is 0.667. The first kappa shape index (κ1) is 16.2. The number of thiophene rings is 1. The van der Waals surface area contributed by atoms with Gasteiger partial charge in [0.15, 0.2) is 0 Å². The molecule has 3 N–H and O–H groups in total. The van der Waals surface area contributed by atoms with Crippen LogP contribution in [0, 0.1) is 5.92 Å². The molecule has 3 nitrogen and oxygen atoms in total. The Balaban J connectivity index is 2.78. The molecular formula is C15H26N2OS. The van der Waals surface area contributed by atoms with Crippen molar-refractivity contribution in [2.24, 2.45) is 11.7 Å². The van der Waals surface area contributed by atoms with Gasteiger partial charge < -0.3 is 11.1 Å². The lowest BCUT2D eigenvalue weighted by Gasteiger charge is -2.27. The number of amides is 1. The summed E-state index contributed by atoms with van der Waals surface area (Å²) in [7, 11) is 0. The van der Waals surface area contributed by atoms with E-state index in [1.165, 1.54) is 4.88 Å². The van der Waals surface area contributed by atoms with Crippen molar-refractivity contribution in [2.75, 3.05) is 0 Å². The number of hydrogen-bond donors (Lipinski definition) is 2. The normalized spacial score (nSPS) is 14.4. The first-order chi connectivity index (χ1) is 9.13. The maximum absolute atomic E-state index is 12.1. The van der Waals surface area contributed by atoms with E-state index in [1.807, 2.05) is 13.0 Å². The number of carbonyl (C=O) groups excluding carboxylic acids is 1. The van der Waals surface area contributed by atoms with Crippen molar-refractivity contribution < 1.29 is 4.79 Å². The van der Waals surface area contributed by atoms with Crippen LogP contribution in [0.2, 0.25) is 0 Å². The number of nitrogens with one attached hydrogen (secondary N) is 1. The van der Waals surface area contributed by atoms with Crippen LogP contribution < -0.4 is 11.1 Å². The summed E-state index contributed by atoms with van der Waals surface area (Å²) in [4.78, 5) is 13.4. The van der Waals surface area contributed by atoms with Crippen LogP contribution in [0.25, 0.3) is 0 Å². The molecule has 1 aromatic rings. The highest BCUT2D eigenvalue weighted by atomic mass is 32.1. The predicted molar refractivity (Wildman–Crippen MR) is 82.2 cm³/mol. The highest BCUT2D eigenvalue weighted by Gasteiger charge is 2.25. The molecule has 0 aliphatic carbocycles. The van der Waals surface area contributed by atoms with E-state index in [9.17, 15) is 4.79 Å². The highest BCUT2D eigenvalue weighted by Crippen LogP contribution is 2.30. The van der Waals surface area contributed by atoms with E-state index >= 15 is 0 Å². The third kappa shape index (κ3) is 4.62. The summed E-state index contributed by atoms with van der Waals surface area (Å²) in [6.45, 7) is 6.39. The molecule has 108 valence electrons. The molecule has 4 heteroatoms. The zero-order valence-electron chi connectivity index (χ0n) is 12.2. The van der Waals surface area contributed by atoms with Gasteiger partial charge in [-0.3, -0.25) is 4.79 Å². The van der Waals surface area contributed by atoms with Gasteiger partial charge in [0.1, 0.15) is 0 Å². The third-order valence-corrected chi connectivity index (χ3v) is 4.56. The third-order valence-electron chi connectivity index (χ3n) is 3.60. The summed E-state index contributed by atoms with van der Waals surface area (Å²) in [5.41, 5.74) is 5.90. The van der Waals surface area contributed by atoms with E-state index in [-0.39, 0.29) is 18.0 Å². The van der Waals surface area contributed by atoms with Gasteiger partial charge in [0.25, 0.3) is 0 Å². The summed E-state index contributed by atoms with van der Waals surface area (Å²) in [5.74, 6) is 0.448. The molecule has 0 saturated heterocycles. The lowest BCUT2D eigenvalue weighted by molar-refractivity contribution is -0.123. The molecule has 2 atom stereocenters. The van der Waals surface area contributed by atoms with Gasteiger partial charge in [-0.2, -0.15) is 0 Å². The van der Waals surface area contributed by atoms with E-state index in [4.69, 9.17) is 5.73 Å². The van der Waals surface area contributed by atoms with Crippen molar-refractivity contribution in [1.29, 1.82) is 0 Å². The molecule has 0 fully saturated rings. The van der Waals surface area contributed by atoms with Gasteiger partial charge in [0.2, 0.25) is 5.91 Å². The maximum atomic E-state index is 12.1. The minimum atomic E-state index is -0.387. The van der Waals surface area contributed by atoms with Gasteiger partial charge in [-0.05, 0) is 23.8 Å². The Hall–Kier alpha value is -0.870. The monoisotopic (exact) mass is 282 g/mol. The van der Waals surface area contributed by atoms with Gasteiger partial charge in [-0.25, -0.2) is 0 Å². The maximum Gasteiger partial charge on any atom is 0.237 e. The second-order valence-electron chi connectivity index (χ2n) is 4.97. The molecular weight excluding hydrogens is 256 g/mol. The summed E-state index contributed by atoms with van der Waals surface area (Å²) in [6.07, 6.45) is 3.79. The Morgan fingerprint density at radius 1 is 1.37 bits per heavy atom. The Bertz CT molecular complexity index is 360. The van der Waals surface area contributed by atoms with Crippen LogP contribution in [0.4, 0.5) is 0 Å². The topological polar surface area (TPSA) is 55.1 Å². The Kier molecular flexibility index (Phi) is 7.10. The molecule has 0 spiro atoms. The molecule has 19 heavy (non-hydrogen) atoms. The fourth-order valence-electron chi connectivity index (χ4n) is 2.35. The zero-order chi connectivity index (χ0) is 14.3. The Morgan fingerprint density at radius 2 is 2.05 bits per heavy atom. The standard InChI is InChI=1S/C15H26N2OS/c1-4-8-12(16)15(18)17-14(11(5-2)6-3)13-9-7-10-19-13/h7,9-12,14H,4-6,8,16H2,1-3H3,(H,17,18). The van der Waals surface area contributed by atoms with Crippen molar-refractivity contribution in [1.82, 2.24) is 5.32 Å². The van der Waals surface area contributed by atoms with E-state index in [0.717, 1.165) is 25.7 Å². The van der Waals surface area contributed by atoms with Crippen molar-refractivity contribution in [2.45, 2.75) is 58.5 Å². The number of carbonyl (C=O) groups is 1. The second-order valence-corrected chi connectivity index (χ2v) is 5.95. The first-order valence-corrected chi connectivity index (χ1v) is 8.11. The molecule has 0 aliphatic rings. The summed E-state index contributed by atoms with van der Waals surface area (Å²) >= 11 is 1.70. The molecule has 1 aromatic heterocycles. The minimum absolute atomic E-state index is 0.0212. The van der Waals surface area contributed by atoms with Gasteiger partial charge in [-0.1, -0.05) is 46.1 Å². The van der Waals surface area contributed by atoms with Gasteiger partial charge in [-0.15, -0.1) is 11.3 Å². The fourth-order valence-corrected chi connectivity index (χ4v) is 3.22. The van der Waals surface area contributed by atoms with Gasteiger partial charge >= 0.3 is 0 Å². The van der Waals surface area contributed by atoms with Crippen LogP contribution in [0.3, 0.4) is 0 Å². The SMILES string of the molecule is CCCC(N)C(=O)NC(c1cccs1)C(CC)CC. The highest BCUT2D eigenvalue weighted by molar-refractivity contribution is 7.10. The first-order valence-electron chi connectivity index (χ1n) is 7.23. The number of hydrogen-bond acceptors (Lipinski definition) is 3. The Labute approximate surface area is 120 Å². The van der Waals surface area contributed by atoms with E-state index in [1.54, 1.807) is 11.3 Å². The number of rotatable bonds is 8. The van der Waals surface area contributed by atoms with Crippen molar-refractivity contribution in [3.63, 3.8) is 0 Å². The van der Waals surface area contributed by atoms with Gasteiger partial charge in [0, 0.05) is 4.88 Å². The average molecular weight is 282 g/mol. The summed E-state index contributed by atoms with van der Waals surface area (Å²) in [5, 5.41) is 5.21. The minimum Gasteiger partial charge on any atom is -0.347 e. The molecule has 1 rings (SSSR count). The molecule has 2 unspecified atom stereocenters. The molecule has 0 aromatic carbocycles. The zero-order valence-corrected chi connectivity index (χ0v) is 13.0. The van der Waals surface area contributed by atoms with Crippen molar-refractivity contribution >= 4 is 17.2 Å². The van der Waals surface area contributed by atoms with Crippen LogP contribution in [0.1, 0.15) is 57.4 Å². The predicted octanol–water partition coefficient (Wildman–Crippen LogP) is 3.47. The molecule has 0 saturated carbocycles. The number of nitrogens with two attached hydrogens (primary N) is 1. The van der Waals surface area contributed by atoms with E-state index in [2.05, 4.69) is 30.6 Å². The second kappa shape index (κ2) is 8.33. The average Bonchev–Trinajstić information content (AvgIpc) is 2.92. The van der Waals surface area contributed by atoms with E-state index in [0.29, 0.717) is 5.92 Å². The molecule has 1 heterocycles. The molecule has 0 aliphatic heterocycles.